The summed E-state index contributed by atoms with van der Waals surface area (Å²) in [7, 11) is 0. The van der Waals surface area contributed by atoms with E-state index in [1.54, 1.807) is 48.5 Å². The van der Waals surface area contributed by atoms with Gasteiger partial charge in [0.2, 0.25) is 0 Å². The number of epoxide rings is 2. The van der Waals surface area contributed by atoms with E-state index in [1.807, 2.05) is 61.4 Å². The number of hydrogen-bond acceptors (Lipinski definition) is 8. The van der Waals surface area contributed by atoms with Gasteiger partial charge < -0.3 is 39.1 Å². The molecule has 5 aromatic rings. The molecule has 2 fully saturated rings. The highest BCUT2D eigenvalue weighted by molar-refractivity contribution is 5.43. The smallest absolute Gasteiger partial charge is 0.119 e. The van der Waals surface area contributed by atoms with E-state index in [2.05, 4.69) is 52.0 Å². The number of para-hydroxylation sites is 1. The molecule has 0 spiro atoms. The monoisotopic (exact) mass is 692 g/mol. The van der Waals surface area contributed by atoms with E-state index in [1.165, 1.54) is 11.1 Å². The second kappa shape index (κ2) is 18.1. The summed E-state index contributed by atoms with van der Waals surface area (Å²) in [6, 6.07) is 39.8. The molecule has 0 bridgehead atoms. The Balaban J connectivity index is 0.000000193. The predicted octanol–water partition coefficient (Wildman–Crippen LogP) is 8.20. The van der Waals surface area contributed by atoms with E-state index in [0.717, 1.165) is 35.8 Å². The number of carbonyl (C=O) groups is 1. The lowest BCUT2D eigenvalue weighted by Crippen LogP contribution is -2.18. The molecule has 0 saturated carbocycles. The Kier molecular flexibility index (Phi) is 13.6. The first-order valence-corrected chi connectivity index (χ1v) is 16.8. The Hall–Kier alpha value is -5.31. The topological polar surface area (TPSA) is 121 Å². The van der Waals surface area contributed by atoms with Crippen LogP contribution in [-0.4, -0.2) is 60.7 Å². The Morgan fingerprint density at radius 2 is 0.784 bits per heavy atom. The molecule has 2 unspecified atom stereocenters. The third-order valence-corrected chi connectivity index (χ3v) is 8.76. The summed E-state index contributed by atoms with van der Waals surface area (Å²) in [4.78, 5) is 8.00. The van der Waals surface area contributed by atoms with Gasteiger partial charge in [0.1, 0.15) is 61.0 Å². The maximum absolute atomic E-state index is 9.30. The molecular formula is C43H48O8. The molecule has 0 aromatic heterocycles. The van der Waals surface area contributed by atoms with Crippen molar-refractivity contribution in [1.82, 2.24) is 0 Å². The highest BCUT2D eigenvalue weighted by atomic mass is 16.6. The molecule has 2 heterocycles. The number of carbonyl (C=O) groups excluding carboxylic acids is 1. The fourth-order valence-electron chi connectivity index (χ4n) is 5.16. The Labute approximate surface area is 300 Å². The normalized spacial score (nSPS) is 15.7. The van der Waals surface area contributed by atoms with Gasteiger partial charge in [-0.2, -0.15) is 0 Å². The zero-order valence-electron chi connectivity index (χ0n) is 29.7. The standard InChI is InChI=1S/C21H24O4.C15H16O2.C6H6O.CH2O/c1-21(2,15-3-7-17(8-4-15)22-11-19-13-24-19)16-5-9-18(10-6-16)23-12-20-14-25-20;1-15(2,11-3-7-13(16)8-4-11)12-5-9-14(17)10-6-12;7-6-4-2-1-3-5-6;1-2/h3-10,19-20H,11-14H2,1-2H3;3-10,16-17H,1-2H3;1-5,7H;1H2. The molecule has 0 radical (unpaired) electrons. The molecule has 268 valence electrons. The number of benzene rings is 5. The summed E-state index contributed by atoms with van der Waals surface area (Å²) < 4.78 is 21.8. The van der Waals surface area contributed by atoms with Crippen molar-refractivity contribution in [2.24, 2.45) is 0 Å². The fraction of sp³-hybridized carbons (Fsp3) is 0.279. The van der Waals surface area contributed by atoms with Crippen molar-refractivity contribution in [2.75, 3.05) is 26.4 Å². The molecule has 2 atom stereocenters. The number of hydrogen-bond donors (Lipinski definition) is 3. The van der Waals surface area contributed by atoms with Crippen LogP contribution in [-0.2, 0) is 25.1 Å². The van der Waals surface area contributed by atoms with Gasteiger partial charge in [0, 0.05) is 10.8 Å². The maximum atomic E-state index is 9.30. The quantitative estimate of drug-likeness (QED) is 0.125. The van der Waals surface area contributed by atoms with Crippen LogP contribution in [0.3, 0.4) is 0 Å². The molecule has 8 nitrogen and oxygen atoms in total. The van der Waals surface area contributed by atoms with E-state index in [4.69, 9.17) is 28.8 Å². The maximum Gasteiger partial charge on any atom is 0.119 e. The summed E-state index contributed by atoms with van der Waals surface area (Å²) in [5.74, 6) is 2.65. The number of ether oxygens (including phenoxy) is 4. The van der Waals surface area contributed by atoms with Crippen molar-refractivity contribution in [3.8, 4) is 28.7 Å². The van der Waals surface area contributed by atoms with Crippen LogP contribution in [0, 0.1) is 0 Å². The van der Waals surface area contributed by atoms with Gasteiger partial charge in [0.05, 0.1) is 13.2 Å². The molecule has 8 heteroatoms. The van der Waals surface area contributed by atoms with Gasteiger partial charge in [-0.05, 0) is 82.9 Å². The number of rotatable bonds is 10. The minimum atomic E-state index is -0.151. The van der Waals surface area contributed by atoms with Gasteiger partial charge in [0.25, 0.3) is 0 Å². The van der Waals surface area contributed by atoms with Crippen molar-refractivity contribution in [3.05, 3.63) is 150 Å². The zero-order valence-corrected chi connectivity index (χ0v) is 29.7. The van der Waals surface area contributed by atoms with Crippen molar-refractivity contribution >= 4 is 6.79 Å². The molecule has 3 N–H and O–H groups in total. The molecule has 2 aliphatic heterocycles. The lowest BCUT2D eigenvalue weighted by Gasteiger charge is -2.26. The van der Waals surface area contributed by atoms with E-state index in [9.17, 15) is 10.2 Å². The van der Waals surface area contributed by atoms with E-state index in [0.29, 0.717) is 19.0 Å². The van der Waals surface area contributed by atoms with E-state index >= 15 is 0 Å². The average molecular weight is 693 g/mol. The zero-order chi connectivity index (χ0) is 36.9. The summed E-state index contributed by atoms with van der Waals surface area (Å²) in [5.41, 5.74) is 4.52. The lowest BCUT2D eigenvalue weighted by molar-refractivity contribution is -0.0980. The van der Waals surface area contributed by atoms with Gasteiger partial charge in [-0.15, -0.1) is 0 Å². The molecular weight excluding hydrogens is 644 g/mol. The third-order valence-electron chi connectivity index (χ3n) is 8.76. The van der Waals surface area contributed by atoms with Crippen LogP contribution in [0.15, 0.2) is 127 Å². The van der Waals surface area contributed by atoms with Gasteiger partial charge >= 0.3 is 0 Å². The average Bonchev–Trinajstić information content (AvgIpc) is 4.09. The Morgan fingerprint density at radius 3 is 1.04 bits per heavy atom. The van der Waals surface area contributed by atoms with Crippen molar-refractivity contribution in [3.63, 3.8) is 0 Å². The number of phenolic OH excluding ortho intramolecular Hbond substituents is 3. The summed E-state index contributed by atoms with van der Waals surface area (Å²) >= 11 is 0. The van der Waals surface area contributed by atoms with Crippen molar-refractivity contribution in [2.45, 2.75) is 50.7 Å². The molecule has 5 aromatic carbocycles. The minimum absolute atomic E-state index is 0.0870. The van der Waals surface area contributed by atoms with Crippen LogP contribution in [0.2, 0.25) is 0 Å². The van der Waals surface area contributed by atoms with Gasteiger partial charge in [-0.3, -0.25) is 0 Å². The second-order valence-corrected chi connectivity index (χ2v) is 13.3. The summed E-state index contributed by atoms with van der Waals surface area (Å²) in [6.45, 7) is 13.6. The van der Waals surface area contributed by atoms with Gasteiger partial charge in [0.15, 0.2) is 0 Å². The van der Waals surface area contributed by atoms with Crippen LogP contribution < -0.4 is 9.47 Å². The van der Waals surface area contributed by atoms with Crippen molar-refractivity contribution < 1.29 is 39.1 Å². The molecule has 0 aliphatic carbocycles. The molecule has 7 rings (SSSR count). The largest absolute Gasteiger partial charge is 0.508 e. The van der Waals surface area contributed by atoms with E-state index < -0.39 is 0 Å². The van der Waals surface area contributed by atoms with Crippen LogP contribution in [0.1, 0.15) is 49.9 Å². The Bertz CT molecular complexity index is 1620. The van der Waals surface area contributed by atoms with E-state index in [-0.39, 0.29) is 34.5 Å². The minimum Gasteiger partial charge on any atom is -0.508 e. The fourth-order valence-corrected chi connectivity index (χ4v) is 5.16. The number of phenols is 3. The second-order valence-electron chi connectivity index (χ2n) is 13.3. The van der Waals surface area contributed by atoms with Gasteiger partial charge in [-0.25, -0.2) is 0 Å². The first kappa shape index (κ1) is 38.5. The van der Waals surface area contributed by atoms with Gasteiger partial charge in [-0.1, -0.05) is 94.4 Å². The molecule has 51 heavy (non-hydrogen) atoms. The van der Waals surface area contributed by atoms with Crippen LogP contribution in [0.4, 0.5) is 0 Å². The summed E-state index contributed by atoms with van der Waals surface area (Å²) in [6.07, 6.45) is 0.562. The molecule has 2 saturated heterocycles. The van der Waals surface area contributed by atoms with Crippen LogP contribution in [0.5, 0.6) is 28.7 Å². The van der Waals surface area contributed by atoms with Crippen molar-refractivity contribution in [1.29, 1.82) is 0 Å². The molecule has 2 aliphatic rings. The first-order chi connectivity index (χ1) is 24.5. The lowest BCUT2D eigenvalue weighted by atomic mass is 9.78. The Morgan fingerprint density at radius 1 is 0.510 bits per heavy atom. The van der Waals surface area contributed by atoms with Crippen LogP contribution >= 0.6 is 0 Å². The SMILES string of the molecule is C=O.CC(C)(c1ccc(O)cc1)c1ccc(O)cc1.CC(C)(c1ccc(OCC2CO2)cc1)c1ccc(OCC2CO2)cc1.Oc1ccccc1. The predicted molar refractivity (Wildman–Crippen MR) is 199 cm³/mol. The first-order valence-electron chi connectivity index (χ1n) is 16.8. The highest BCUT2D eigenvalue weighted by Crippen LogP contribution is 2.34. The number of aromatic hydroxyl groups is 3. The third kappa shape index (κ3) is 11.9. The highest BCUT2D eigenvalue weighted by Gasteiger charge is 2.26. The summed E-state index contributed by atoms with van der Waals surface area (Å²) in [5, 5.41) is 27.2. The molecule has 0 amide bonds. The van der Waals surface area contributed by atoms with Crippen LogP contribution in [0.25, 0.3) is 0 Å².